The van der Waals surface area contributed by atoms with Gasteiger partial charge in [0.1, 0.15) is 5.78 Å². The summed E-state index contributed by atoms with van der Waals surface area (Å²) >= 11 is 0. The van der Waals surface area contributed by atoms with Crippen molar-refractivity contribution < 1.29 is 9.59 Å². The second-order valence-corrected chi connectivity index (χ2v) is 3.41. The molecule has 0 atom stereocenters. The molecular weight excluding hydrogens is 212 g/mol. The number of allylic oxidation sites excluding steroid dienone is 1. The van der Waals surface area contributed by atoms with Crippen molar-refractivity contribution >= 4 is 17.6 Å². The minimum absolute atomic E-state index is 0.00551. The lowest BCUT2D eigenvalue weighted by molar-refractivity contribution is -0.120. The Labute approximate surface area is 103 Å². The minimum Gasteiger partial charge on any atom is -0.300 e. The van der Waals surface area contributed by atoms with Gasteiger partial charge in [0.05, 0.1) is 0 Å². The van der Waals surface area contributed by atoms with Gasteiger partial charge in [-0.25, -0.2) is 0 Å². The fraction of sp³-hybridized carbons (Fsp3) is 0.333. The Morgan fingerprint density at radius 3 is 2.18 bits per heavy atom. The van der Waals surface area contributed by atoms with E-state index in [1.54, 1.807) is 6.08 Å². The molecule has 0 aliphatic rings. The third-order valence-electron chi connectivity index (χ3n) is 1.98. The number of carbonyl (C=O) groups is 2. The van der Waals surface area contributed by atoms with E-state index >= 15 is 0 Å². The molecule has 0 saturated heterocycles. The van der Waals surface area contributed by atoms with Crippen molar-refractivity contribution in [2.24, 2.45) is 0 Å². The average molecular weight is 232 g/mol. The first kappa shape index (κ1) is 15.3. The first-order valence-corrected chi connectivity index (χ1v) is 5.94. The van der Waals surface area contributed by atoms with Gasteiger partial charge >= 0.3 is 0 Å². The predicted molar refractivity (Wildman–Crippen MR) is 71.7 cm³/mol. The van der Waals surface area contributed by atoms with Gasteiger partial charge in [-0.05, 0) is 18.6 Å². The van der Waals surface area contributed by atoms with Crippen LogP contribution in [0.3, 0.4) is 0 Å². The summed E-state index contributed by atoms with van der Waals surface area (Å²) < 4.78 is 0. The van der Waals surface area contributed by atoms with Crippen LogP contribution in [0.1, 0.15) is 39.2 Å². The molecule has 2 heteroatoms. The highest BCUT2D eigenvalue weighted by atomic mass is 16.1. The van der Waals surface area contributed by atoms with Crippen molar-refractivity contribution in [1.29, 1.82) is 0 Å². The van der Waals surface area contributed by atoms with Crippen LogP contribution in [0.4, 0.5) is 0 Å². The van der Waals surface area contributed by atoms with Gasteiger partial charge in [-0.2, -0.15) is 0 Å². The summed E-state index contributed by atoms with van der Waals surface area (Å²) in [5.74, 6) is 0.0468. The molecular formula is C15H20O2. The summed E-state index contributed by atoms with van der Waals surface area (Å²) in [5, 5.41) is 0. The van der Waals surface area contributed by atoms with Crippen molar-refractivity contribution in [3.63, 3.8) is 0 Å². The molecule has 0 spiro atoms. The molecule has 0 bridgehead atoms. The smallest absolute Gasteiger partial charge is 0.156 e. The number of carbonyl (C=O) groups excluding carboxylic acids is 2. The molecule has 0 aromatic heterocycles. The molecule has 0 heterocycles. The SMILES string of the molecule is CC.CC(=O)CCC(=O)/C=C/c1ccccc1. The van der Waals surface area contributed by atoms with E-state index in [2.05, 4.69) is 0 Å². The molecule has 0 amide bonds. The van der Waals surface area contributed by atoms with E-state index in [1.807, 2.05) is 44.2 Å². The van der Waals surface area contributed by atoms with Gasteiger partial charge in [-0.1, -0.05) is 50.3 Å². The molecule has 0 unspecified atom stereocenters. The van der Waals surface area contributed by atoms with Crippen molar-refractivity contribution in [1.82, 2.24) is 0 Å². The molecule has 0 N–H and O–H groups in total. The molecule has 1 aromatic carbocycles. The topological polar surface area (TPSA) is 34.1 Å². The van der Waals surface area contributed by atoms with Crippen LogP contribution in [0, 0.1) is 0 Å². The number of ketones is 2. The van der Waals surface area contributed by atoms with Crippen LogP contribution in [-0.4, -0.2) is 11.6 Å². The fourth-order valence-corrected chi connectivity index (χ4v) is 1.14. The number of rotatable bonds is 5. The number of hydrogen-bond acceptors (Lipinski definition) is 2. The normalized spacial score (nSPS) is 9.59. The maximum Gasteiger partial charge on any atom is 0.156 e. The lowest BCUT2D eigenvalue weighted by Crippen LogP contribution is -1.97. The van der Waals surface area contributed by atoms with Gasteiger partial charge in [0.25, 0.3) is 0 Å². The maximum atomic E-state index is 11.3. The van der Waals surface area contributed by atoms with Crippen LogP contribution < -0.4 is 0 Å². The van der Waals surface area contributed by atoms with E-state index in [0.717, 1.165) is 5.56 Å². The molecule has 92 valence electrons. The Kier molecular flexibility index (Phi) is 8.57. The van der Waals surface area contributed by atoms with Crippen LogP contribution >= 0.6 is 0 Å². The molecule has 0 aliphatic carbocycles. The van der Waals surface area contributed by atoms with Gasteiger partial charge in [0.15, 0.2) is 5.78 Å². The van der Waals surface area contributed by atoms with Gasteiger partial charge < -0.3 is 4.79 Å². The average Bonchev–Trinajstić information content (AvgIpc) is 2.37. The van der Waals surface area contributed by atoms with E-state index in [0.29, 0.717) is 12.8 Å². The monoisotopic (exact) mass is 232 g/mol. The number of Topliss-reactive ketones (excluding diaryl/α,β-unsaturated/α-hetero) is 1. The zero-order valence-electron chi connectivity index (χ0n) is 10.8. The third-order valence-corrected chi connectivity index (χ3v) is 1.98. The summed E-state index contributed by atoms with van der Waals surface area (Å²) in [6, 6.07) is 9.61. The number of benzene rings is 1. The lowest BCUT2D eigenvalue weighted by Gasteiger charge is -1.92. The van der Waals surface area contributed by atoms with E-state index in [4.69, 9.17) is 0 Å². The fourth-order valence-electron chi connectivity index (χ4n) is 1.14. The summed E-state index contributed by atoms with van der Waals surface area (Å²) in [6.07, 6.45) is 3.93. The van der Waals surface area contributed by atoms with Gasteiger partial charge in [-0.3, -0.25) is 4.79 Å². The molecule has 1 aromatic rings. The predicted octanol–water partition coefficient (Wildman–Crippen LogP) is 3.66. The van der Waals surface area contributed by atoms with Gasteiger partial charge in [0.2, 0.25) is 0 Å². The Hall–Kier alpha value is -1.70. The lowest BCUT2D eigenvalue weighted by atomic mass is 10.1. The van der Waals surface area contributed by atoms with E-state index in [-0.39, 0.29) is 11.6 Å². The van der Waals surface area contributed by atoms with Crippen molar-refractivity contribution in [3.8, 4) is 0 Å². The molecule has 1 rings (SSSR count). The van der Waals surface area contributed by atoms with Crippen molar-refractivity contribution in [2.45, 2.75) is 33.6 Å². The Balaban J connectivity index is 0.00000121. The highest BCUT2D eigenvalue weighted by molar-refractivity contribution is 5.95. The summed E-state index contributed by atoms with van der Waals surface area (Å²) in [4.78, 5) is 21.9. The first-order valence-electron chi connectivity index (χ1n) is 5.94. The Morgan fingerprint density at radius 2 is 1.65 bits per heavy atom. The zero-order valence-corrected chi connectivity index (χ0v) is 10.8. The molecule has 0 fully saturated rings. The van der Waals surface area contributed by atoms with Crippen LogP contribution in [0.25, 0.3) is 6.08 Å². The summed E-state index contributed by atoms with van der Waals surface area (Å²) in [5.41, 5.74) is 0.994. The van der Waals surface area contributed by atoms with Crippen LogP contribution in [0.15, 0.2) is 36.4 Å². The molecule has 0 radical (unpaired) electrons. The standard InChI is InChI=1S/C13H14O2.C2H6/c1-11(14)7-9-13(15)10-8-12-5-3-2-4-6-12;1-2/h2-6,8,10H,7,9H2,1H3;1-2H3/b10-8+;. The molecule has 17 heavy (non-hydrogen) atoms. The summed E-state index contributed by atoms with van der Waals surface area (Å²) in [7, 11) is 0. The van der Waals surface area contributed by atoms with E-state index in [9.17, 15) is 9.59 Å². The quantitative estimate of drug-likeness (QED) is 0.726. The molecule has 0 saturated carbocycles. The van der Waals surface area contributed by atoms with E-state index in [1.165, 1.54) is 13.0 Å². The summed E-state index contributed by atoms with van der Waals surface area (Å²) in [6.45, 7) is 5.49. The Bertz CT molecular complexity index is 364. The maximum absolute atomic E-state index is 11.3. The van der Waals surface area contributed by atoms with Crippen LogP contribution in [0.2, 0.25) is 0 Å². The van der Waals surface area contributed by atoms with Crippen molar-refractivity contribution in [2.75, 3.05) is 0 Å². The van der Waals surface area contributed by atoms with E-state index < -0.39 is 0 Å². The highest BCUT2D eigenvalue weighted by Gasteiger charge is 1.99. The minimum atomic E-state index is -0.00551. The molecule has 2 nitrogen and oxygen atoms in total. The van der Waals surface area contributed by atoms with Gasteiger partial charge in [-0.15, -0.1) is 0 Å². The third kappa shape index (κ3) is 8.14. The zero-order chi connectivity index (χ0) is 13.1. The van der Waals surface area contributed by atoms with Crippen molar-refractivity contribution in [3.05, 3.63) is 42.0 Å². The van der Waals surface area contributed by atoms with Gasteiger partial charge in [0, 0.05) is 12.8 Å². The first-order chi connectivity index (χ1) is 8.18. The Morgan fingerprint density at radius 1 is 1.06 bits per heavy atom. The molecule has 0 aliphatic heterocycles. The van der Waals surface area contributed by atoms with Crippen LogP contribution in [-0.2, 0) is 9.59 Å². The number of hydrogen-bond donors (Lipinski definition) is 0. The van der Waals surface area contributed by atoms with Crippen LogP contribution in [0.5, 0.6) is 0 Å². The second-order valence-electron chi connectivity index (χ2n) is 3.41. The highest BCUT2D eigenvalue weighted by Crippen LogP contribution is 2.02. The second kappa shape index (κ2) is 9.52. The largest absolute Gasteiger partial charge is 0.300 e.